The molecule has 2 aliphatic rings. The van der Waals surface area contributed by atoms with Gasteiger partial charge in [-0.05, 0) is 19.8 Å². The van der Waals surface area contributed by atoms with Gasteiger partial charge in [0.25, 0.3) is 0 Å². The first-order valence-corrected chi connectivity index (χ1v) is 9.27. The Balaban J connectivity index is 1.41. The number of anilines is 3. The largest absolute Gasteiger partial charge is 0.350 e. The van der Waals surface area contributed by atoms with Crippen LogP contribution in [0.4, 0.5) is 26.2 Å². The first-order chi connectivity index (χ1) is 13.2. The average Bonchev–Trinajstić information content (AvgIpc) is 3.05. The van der Waals surface area contributed by atoms with Gasteiger partial charge in [0.2, 0.25) is 17.8 Å². The zero-order valence-electron chi connectivity index (χ0n) is 16.0. The molecule has 1 amide bonds. The minimum absolute atomic E-state index is 0.0184. The zero-order valence-corrected chi connectivity index (χ0v) is 16.0. The number of rotatable bonds is 5. The highest BCUT2D eigenvalue weighted by Crippen LogP contribution is 2.43. The Hall–Kier alpha value is -2.78. The Bertz CT molecular complexity index is 905. The third-order valence-corrected chi connectivity index (χ3v) is 5.37. The van der Waals surface area contributed by atoms with Gasteiger partial charge in [-0.3, -0.25) is 9.48 Å². The van der Waals surface area contributed by atoms with Gasteiger partial charge in [0.15, 0.2) is 5.82 Å². The van der Waals surface area contributed by atoms with Crippen molar-refractivity contribution in [3.8, 4) is 0 Å². The van der Waals surface area contributed by atoms with Crippen LogP contribution >= 0.6 is 0 Å². The monoisotopic (exact) mass is 391 g/mol. The number of nitrogens with zero attached hydrogens (tertiary/aromatic N) is 5. The van der Waals surface area contributed by atoms with E-state index in [0.717, 1.165) is 5.56 Å². The second-order valence-corrected chi connectivity index (χ2v) is 7.66. The van der Waals surface area contributed by atoms with Crippen LogP contribution in [0.5, 0.6) is 0 Å². The van der Waals surface area contributed by atoms with Crippen molar-refractivity contribution in [3.63, 3.8) is 0 Å². The average molecular weight is 391 g/mol. The summed E-state index contributed by atoms with van der Waals surface area (Å²) in [4.78, 5) is 22.7. The highest BCUT2D eigenvalue weighted by molar-refractivity contribution is 6.03. The Labute approximate surface area is 161 Å². The number of amides is 1. The molecule has 2 N–H and O–H groups in total. The second-order valence-electron chi connectivity index (χ2n) is 7.66. The van der Waals surface area contributed by atoms with Gasteiger partial charge in [0, 0.05) is 44.7 Å². The predicted octanol–water partition coefficient (Wildman–Crippen LogP) is 2.42. The quantitative estimate of drug-likeness (QED) is 0.814. The van der Waals surface area contributed by atoms with Crippen LogP contribution in [0.3, 0.4) is 0 Å². The minimum Gasteiger partial charge on any atom is -0.350 e. The van der Waals surface area contributed by atoms with Crippen LogP contribution in [-0.2, 0) is 17.9 Å². The molecule has 1 fully saturated rings. The number of likely N-dealkylation sites (N-methyl/N-ethyl adjacent to an activating group) is 1. The molecule has 0 spiro atoms. The summed E-state index contributed by atoms with van der Waals surface area (Å²) in [6.07, 6.45) is 3.43. The summed E-state index contributed by atoms with van der Waals surface area (Å²) in [5.41, 5.74) is 2.22. The first-order valence-electron chi connectivity index (χ1n) is 9.27. The van der Waals surface area contributed by atoms with Crippen molar-refractivity contribution in [3.05, 3.63) is 23.7 Å². The number of carbonyl (C=O) groups excluding carboxylic acids is 1. The lowest BCUT2D eigenvalue weighted by Gasteiger charge is -2.34. The normalized spacial score (nSPS) is 21.1. The Morgan fingerprint density at radius 3 is 2.82 bits per heavy atom. The molecule has 0 aromatic carbocycles. The number of nitrogens with one attached hydrogen (secondary N) is 2. The minimum atomic E-state index is -2.51. The van der Waals surface area contributed by atoms with Crippen LogP contribution in [0.15, 0.2) is 12.4 Å². The summed E-state index contributed by atoms with van der Waals surface area (Å²) >= 11 is 0. The molecule has 2 aromatic rings. The smallest absolute Gasteiger partial charge is 0.248 e. The molecule has 1 aliphatic carbocycles. The van der Waals surface area contributed by atoms with Crippen LogP contribution < -0.4 is 15.5 Å². The highest BCUT2D eigenvalue weighted by Gasteiger charge is 2.45. The van der Waals surface area contributed by atoms with E-state index in [-0.39, 0.29) is 30.7 Å². The maximum atomic E-state index is 13.0. The maximum absolute atomic E-state index is 13.0. The maximum Gasteiger partial charge on any atom is 0.248 e. The number of carbonyl (C=O) groups is 1. The van der Waals surface area contributed by atoms with Crippen molar-refractivity contribution in [2.75, 3.05) is 22.6 Å². The van der Waals surface area contributed by atoms with Crippen molar-refractivity contribution < 1.29 is 13.6 Å². The Morgan fingerprint density at radius 2 is 2.11 bits per heavy atom. The molecule has 1 atom stereocenters. The molecule has 0 bridgehead atoms. The van der Waals surface area contributed by atoms with Crippen molar-refractivity contribution in [2.24, 2.45) is 5.92 Å². The lowest BCUT2D eigenvalue weighted by atomic mass is 9.81. The third kappa shape index (κ3) is 3.50. The fourth-order valence-electron chi connectivity index (χ4n) is 3.58. The van der Waals surface area contributed by atoms with Gasteiger partial charge in [-0.25, -0.2) is 13.8 Å². The molecule has 8 nitrogen and oxygen atoms in total. The van der Waals surface area contributed by atoms with Crippen molar-refractivity contribution in [2.45, 2.75) is 51.7 Å². The van der Waals surface area contributed by atoms with E-state index in [2.05, 4.69) is 25.7 Å². The van der Waals surface area contributed by atoms with E-state index in [9.17, 15) is 13.6 Å². The predicted molar refractivity (Wildman–Crippen MR) is 100 cm³/mol. The first kappa shape index (κ1) is 18.6. The molecule has 3 heterocycles. The molecule has 1 saturated carbocycles. The number of alkyl halides is 2. The van der Waals surface area contributed by atoms with E-state index in [1.165, 1.54) is 0 Å². The summed E-state index contributed by atoms with van der Waals surface area (Å²) in [6, 6.07) is -0.313. The van der Waals surface area contributed by atoms with Crippen molar-refractivity contribution in [1.29, 1.82) is 0 Å². The van der Waals surface area contributed by atoms with Crippen molar-refractivity contribution in [1.82, 2.24) is 19.7 Å². The molecule has 28 heavy (non-hydrogen) atoms. The van der Waals surface area contributed by atoms with Gasteiger partial charge in [-0.1, -0.05) is 0 Å². The van der Waals surface area contributed by atoms with E-state index in [0.29, 0.717) is 36.2 Å². The van der Waals surface area contributed by atoms with Crippen LogP contribution in [0, 0.1) is 12.8 Å². The second kappa shape index (κ2) is 6.68. The molecule has 4 rings (SSSR count). The fourth-order valence-corrected chi connectivity index (χ4v) is 3.58. The lowest BCUT2D eigenvalue weighted by molar-refractivity contribution is -0.117. The summed E-state index contributed by atoms with van der Waals surface area (Å²) in [5, 5.41) is 10.3. The molecule has 2 aromatic heterocycles. The number of hydrogen-bond acceptors (Lipinski definition) is 6. The lowest BCUT2D eigenvalue weighted by Crippen LogP contribution is -2.44. The van der Waals surface area contributed by atoms with E-state index >= 15 is 0 Å². The van der Waals surface area contributed by atoms with Gasteiger partial charge >= 0.3 is 0 Å². The molecule has 10 heteroatoms. The standard InChI is InChI=1S/C18H23F2N7O/c1-10-14-15(26(3)11(2)16(28)24-14)25-17(23-10)21-6-13-7-22-27(9-13)8-12-4-18(19,20)5-12/h7,9,11-12H,4-6,8H2,1-3H3,(H,24,28)(H,21,23,25). The van der Waals surface area contributed by atoms with Gasteiger partial charge in [0.1, 0.15) is 11.7 Å². The molecular weight excluding hydrogens is 368 g/mol. The highest BCUT2D eigenvalue weighted by atomic mass is 19.3. The third-order valence-electron chi connectivity index (χ3n) is 5.37. The number of aromatic nitrogens is 4. The number of halogens is 2. The molecule has 0 radical (unpaired) electrons. The van der Waals surface area contributed by atoms with E-state index < -0.39 is 5.92 Å². The van der Waals surface area contributed by atoms with Crippen LogP contribution in [0.2, 0.25) is 0 Å². The van der Waals surface area contributed by atoms with Crippen LogP contribution in [0.1, 0.15) is 31.0 Å². The molecular formula is C18H23F2N7O. The van der Waals surface area contributed by atoms with Gasteiger partial charge in [0.05, 0.1) is 11.9 Å². The van der Waals surface area contributed by atoms with Gasteiger partial charge < -0.3 is 15.5 Å². The summed E-state index contributed by atoms with van der Waals surface area (Å²) in [7, 11) is 1.83. The summed E-state index contributed by atoms with van der Waals surface area (Å²) < 4.78 is 27.6. The fraction of sp³-hybridized carbons (Fsp3) is 0.556. The molecule has 0 saturated heterocycles. The number of aryl methyl sites for hydroxylation is 1. The van der Waals surface area contributed by atoms with E-state index in [1.807, 2.05) is 32.0 Å². The Morgan fingerprint density at radius 1 is 1.36 bits per heavy atom. The number of hydrogen-bond donors (Lipinski definition) is 2. The zero-order chi connectivity index (χ0) is 20.1. The summed E-state index contributed by atoms with van der Waals surface area (Å²) in [5.74, 6) is -1.48. The SMILES string of the molecule is Cc1nc(NCc2cnn(CC3CC(F)(F)C3)c2)nc2c1NC(=O)C(C)N2C. The topological polar surface area (TPSA) is 88.0 Å². The van der Waals surface area contributed by atoms with E-state index in [4.69, 9.17) is 0 Å². The Kier molecular flexibility index (Phi) is 4.43. The van der Waals surface area contributed by atoms with Gasteiger partial charge in [-0.2, -0.15) is 10.1 Å². The van der Waals surface area contributed by atoms with Crippen molar-refractivity contribution >= 4 is 23.4 Å². The molecule has 1 aliphatic heterocycles. The van der Waals surface area contributed by atoms with Crippen LogP contribution in [-0.4, -0.2) is 44.7 Å². The van der Waals surface area contributed by atoms with Gasteiger partial charge in [-0.15, -0.1) is 0 Å². The summed E-state index contributed by atoms with van der Waals surface area (Å²) in [6.45, 7) is 4.61. The van der Waals surface area contributed by atoms with Crippen LogP contribution in [0.25, 0.3) is 0 Å². The number of fused-ring (bicyclic) bond motifs is 1. The molecule has 1 unspecified atom stereocenters. The van der Waals surface area contributed by atoms with E-state index in [1.54, 1.807) is 10.9 Å². The molecule has 150 valence electrons.